The van der Waals surface area contributed by atoms with E-state index in [1.165, 1.54) is 11.1 Å². The number of rotatable bonds is 4. The highest BCUT2D eigenvalue weighted by Crippen LogP contribution is 2.21. The van der Waals surface area contributed by atoms with Crippen molar-refractivity contribution in [3.63, 3.8) is 0 Å². The fourth-order valence-corrected chi connectivity index (χ4v) is 3.65. The molecule has 20 heavy (non-hydrogen) atoms. The van der Waals surface area contributed by atoms with Gasteiger partial charge >= 0.3 is 0 Å². The number of benzene rings is 1. The van der Waals surface area contributed by atoms with Crippen molar-refractivity contribution in [1.82, 2.24) is 0 Å². The van der Waals surface area contributed by atoms with Crippen molar-refractivity contribution >= 4 is 21.7 Å². The molecule has 0 heterocycles. The number of hydrogen-bond acceptors (Lipinski definition) is 1. The maximum atomic E-state index is 8.90. The molecule has 0 aliphatic rings. The second kappa shape index (κ2) is 6.38. The summed E-state index contributed by atoms with van der Waals surface area (Å²) in [5.41, 5.74) is 8.05. The molecule has 0 amide bonds. The van der Waals surface area contributed by atoms with Crippen LogP contribution in [0.5, 0.6) is 0 Å². The van der Waals surface area contributed by atoms with Gasteiger partial charge in [0.2, 0.25) is 0 Å². The summed E-state index contributed by atoms with van der Waals surface area (Å²) in [4.78, 5) is 0. The van der Waals surface area contributed by atoms with Crippen LogP contribution in [0.15, 0.2) is 41.7 Å². The summed E-state index contributed by atoms with van der Waals surface area (Å²) in [7, 11) is -2.49. The van der Waals surface area contributed by atoms with Crippen molar-refractivity contribution in [2.45, 2.75) is 39.3 Å². The van der Waals surface area contributed by atoms with Gasteiger partial charge in [0.05, 0.1) is 27.8 Å². The summed E-state index contributed by atoms with van der Waals surface area (Å²) in [5, 5.41) is 8.90. The summed E-state index contributed by atoms with van der Waals surface area (Å²) in [6.07, 6.45) is 2.28. The molecule has 3 heteroatoms. The minimum Gasteiger partial charge on any atom is -0.192 e. The van der Waals surface area contributed by atoms with Gasteiger partial charge in [0.15, 0.2) is 0 Å². The van der Waals surface area contributed by atoms with Crippen LogP contribution in [0.1, 0.15) is 11.1 Å². The largest absolute Gasteiger partial charge is 0.192 e. The van der Waals surface area contributed by atoms with Crippen molar-refractivity contribution in [3.8, 4) is 6.07 Å². The summed E-state index contributed by atoms with van der Waals surface area (Å²) >= 11 is 0. The zero-order valence-electron chi connectivity index (χ0n) is 13.5. The van der Waals surface area contributed by atoms with Crippen molar-refractivity contribution in [1.29, 1.82) is 5.26 Å². The van der Waals surface area contributed by atoms with Gasteiger partial charge in [-0.1, -0.05) is 68.9 Å². The molecular formula is C17H25NSi2. The summed E-state index contributed by atoms with van der Waals surface area (Å²) < 4.78 is 0. The molecule has 0 bridgehead atoms. The summed E-state index contributed by atoms with van der Waals surface area (Å²) in [6, 6.07) is 10.1. The predicted molar refractivity (Wildman–Crippen MR) is 95.0 cm³/mol. The van der Waals surface area contributed by atoms with Crippen LogP contribution in [0.4, 0.5) is 0 Å². The minimum atomic E-state index is -1.28. The fraction of sp³-hybridized carbons (Fsp3) is 0.353. The normalized spacial score (nSPS) is 13.6. The Bertz CT molecular complexity index is 547. The Hall–Kier alpha value is -1.38. The molecule has 0 spiro atoms. The third-order valence-corrected chi connectivity index (χ3v) is 5.04. The van der Waals surface area contributed by atoms with Crippen molar-refractivity contribution in [2.75, 3.05) is 0 Å². The lowest BCUT2D eigenvalue weighted by Gasteiger charge is -2.15. The standard InChI is InChI=1S/C17H25NSi2/c1-19(2,3)12-11-17(14-20(4,5)6)16-9-7-15(13-18)8-10-16/h7-12,14H,1-6H3/b12-11-,17-14-. The van der Waals surface area contributed by atoms with Crippen LogP contribution in [0, 0.1) is 11.3 Å². The zero-order valence-corrected chi connectivity index (χ0v) is 15.5. The van der Waals surface area contributed by atoms with E-state index in [0.29, 0.717) is 0 Å². The fourth-order valence-electron chi connectivity index (χ4n) is 1.77. The van der Waals surface area contributed by atoms with Crippen molar-refractivity contribution < 1.29 is 0 Å². The zero-order chi connectivity index (χ0) is 15.4. The monoisotopic (exact) mass is 299 g/mol. The number of allylic oxidation sites excluding steroid dienone is 2. The van der Waals surface area contributed by atoms with Gasteiger partial charge in [0.25, 0.3) is 0 Å². The molecule has 0 unspecified atom stereocenters. The Kier molecular flexibility index (Phi) is 5.32. The minimum absolute atomic E-state index is 0.718. The van der Waals surface area contributed by atoms with Crippen LogP contribution < -0.4 is 0 Å². The Balaban J connectivity index is 3.21. The van der Waals surface area contributed by atoms with Gasteiger partial charge in [-0.2, -0.15) is 5.26 Å². The molecule has 1 rings (SSSR count). The van der Waals surface area contributed by atoms with Crippen LogP contribution in [-0.2, 0) is 0 Å². The van der Waals surface area contributed by atoms with E-state index in [2.05, 4.69) is 75.0 Å². The van der Waals surface area contributed by atoms with Gasteiger partial charge in [0, 0.05) is 0 Å². The van der Waals surface area contributed by atoms with Crippen LogP contribution in [0.3, 0.4) is 0 Å². The topological polar surface area (TPSA) is 23.8 Å². The number of hydrogen-bond donors (Lipinski definition) is 0. The van der Waals surface area contributed by atoms with E-state index >= 15 is 0 Å². The third-order valence-electron chi connectivity index (χ3n) is 2.70. The smallest absolute Gasteiger partial charge is 0.0991 e. The van der Waals surface area contributed by atoms with Crippen LogP contribution in [0.25, 0.3) is 5.57 Å². The maximum absolute atomic E-state index is 8.90. The molecule has 0 saturated heterocycles. The van der Waals surface area contributed by atoms with E-state index in [4.69, 9.17) is 5.26 Å². The van der Waals surface area contributed by atoms with E-state index in [1.54, 1.807) is 0 Å². The second-order valence-corrected chi connectivity index (χ2v) is 17.4. The lowest BCUT2D eigenvalue weighted by atomic mass is 10.1. The molecule has 0 radical (unpaired) electrons. The molecule has 0 atom stereocenters. The Morgan fingerprint density at radius 3 is 1.90 bits per heavy atom. The highest BCUT2D eigenvalue weighted by molar-refractivity contribution is 6.82. The predicted octanol–water partition coefficient (Wildman–Crippen LogP) is 5.25. The van der Waals surface area contributed by atoms with Crippen LogP contribution in [-0.4, -0.2) is 16.1 Å². The Labute approximate surface area is 125 Å². The maximum Gasteiger partial charge on any atom is 0.0991 e. The van der Waals surface area contributed by atoms with E-state index in [0.717, 1.165) is 5.56 Å². The van der Waals surface area contributed by atoms with E-state index < -0.39 is 16.1 Å². The molecular weight excluding hydrogens is 274 g/mol. The molecule has 1 nitrogen and oxygen atoms in total. The highest BCUT2D eigenvalue weighted by atomic mass is 28.3. The van der Waals surface area contributed by atoms with Crippen LogP contribution >= 0.6 is 0 Å². The van der Waals surface area contributed by atoms with Crippen LogP contribution in [0.2, 0.25) is 39.3 Å². The van der Waals surface area contributed by atoms with E-state index in [9.17, 15) is 0 Å². The van der Waals surface area contributed by atoms with Gasteiger partial charge in [-0.3, -0.25) is 0 Å². The molecule has 1 aromatic rings. The van der Waals surface area contributed by atoms with Gasteiger partial charge in [-0.25, -0.2) is 0 Å². The van der Waals surface area contributed by atoms with E-state index in [-0.39, 0.29) is 0 Å². The molecule has 1 aromatic carbocycles. The average molecular weight is 300 g/mol. The quantitative estimate of drug-likeness (QED) is 0.550. The first-order valence-electron chi connectivity index (χ1n) is 7.03. The first-order valence-corrected chi connectivity index (χ1v) is 14.2. The molecule has 0 fully saturated rings. The van der Waals surface area contributed by atoms with Gasteiger partial charge < -0.3 is 0 Å². The van der Waals surface area contributed by atoms with Crippen molar-refractivity contribution in [3.05, 3.63) is 52.9 Å². The first kappa shape index (κ1) is 16.7. The lowest BCUT2D eigenvalue weighted by molar-refractivity contribution is 1.48. The molecule has 106 valence electrons. The number of nitrogens with zero attached hydrogens (tertiary/aromatic N) is 1. The summed E-state index contributed by atoms with van der Waals surface area (Å²) in [6.45, 7) is 14.1. The van der Waals surface area contributed by atoms with Gasteiger partial charge in [-0.05, 0) is 23.3 Å². The summed E-state index contributed by atoms with van der Waals surface area (Å²) in [5.74, 6) is 0. The molecule has 0 aliphatic carbocycles. The van der Waals surface area contributed by atoms with E-state index in [1.807, 2.05) is 12.1 Å². The molecule has 0 saturated carbocycles. The SMILES string of the molecule is C[Si](C)(C)/C=C\C(=C\[Si](C)(C)C)c1ccc(C#N)cc1. The van der Waals surface area contributed by atoms with Crippen molar-refractivity contribution in [2.24, 2.45) is 0 Å². The molecule has 0 aliphatic heterocycles. The highest BCUT2D eigenvalue weighted by Gasteiger charge is 2.13. The number of nitriles is 1. The molecule has 0 aromatic heterocycles. The first-order chi connectivity index (χ1) is 9.11. The second-order valence-electron chi connectivity index (χ2n) is 7.35. The molecule has 0 N–H and O–H groups in total. The average Bonchev–Trinajstić information content (AvgIpc) is 2.32. The lowest BCUT2D eigenvalue weighted by Crippen LogP contribution is -2.17. The Morgan fingerprint density at radius 1 is 0.950 bits per heavy atom. The van der Waals surface area contributed by atoms with Gasteiger partial charge in [-0.15, -0.1) is 0 Å². The van der Waals surface area contributed by atoms with Gasteiger partial charge in [0.1, 0.15) is 0 Å². The third kappa shape index (κ3) is 6.18. The Morgan fingerprint density at radius 2 is 1.50 bits per heavy atom.